The Bertz CT molecular complexity index is 92.1. The smallest absolute Gasteiger partial charge is 0.127 e. The van der Waals surface area contributed by atoms with Gasteiger partial charge in [-0.15, -0.1) is 0 Å². The Labute approximate surface area is 68.7 Å². The third-order valence-corrected chi connectivity index (χ3v) is 2.21. The van der Waals surface area contributed by atoms with Crippen LogP contribution in [0.1, 0.15) is 6.92 Å². The summed E-state index contributed by atoms with van der Waals surface area (Å²) in [5.41, 5.74) is 0. The zero-order valence-corrected chi connectivity index (χ0v) is 7.44. The molecular weight excluding hydrogens is 140 g/mol. The van der Waals surface area contributed by atoms with Crippen molar-refractivity contribution in [3.63, 3.8) is 0 Å². The molecule has 0 amide bonds. The number of piperazine rings is 1. The van der Waals surface area contributed by atoms with Crippen molar-refractivity contribution in [2.45, 2.75) is 6.92 Å². The van der Waals surface area contributed by atoms with Gasteiger partial charge >= 0.3 is 0 Å². The third-order valence-electron chi connectivity index (χ3n) is 2.21. The van der Waals surface area contributed by atoms with Crippen molar-refractivity contribution < 1.29 is 15.0 Å². The van der Waals surface area contributed by atoms with Gasteiger partial charge in [0.1, 0.15) is 32.7 Å². The first-order valence-corrected chi connectivity index (χ1v) is 4.66. The summed E-state index contributed by atoms with van der Waals surface area (Å²) >= 11 is 0. The second-order valence-corrected chi connectivity index (χ2v) is 3.06. The quantitative estimate of drug-likeness (QED) is 0.437. The van der Waals surface area contributed by atoms with Crippen LogP contribution in [0.2, 0.25) is 0 Å². The predicted molar refractivity (Wildman–Crippen MR) is 43.7 cm³/mol. The summed E-state index contributed by atoms with van der Waals surface area (Å²) in [5, 5.41) is 2.39. The Morgan fingerprint density at radius 1 is 1.36 bits per heavy atom. The molecule has 0 unspecified atom stereocenters. The third kappa shape index (κ3) is 3.70. The molecule has 1 saturated heterocycles. The van der Waals surface area contributed by atoms with E-state index in [0.29, 0.717) is 0 Å². The SMILES string of the molecule is CCOCC[NH+]1CC[NH2+]CC1. The molecule has 3 heteroatoms. The number of quaternary nitrogens is 2. The van der Waals surface area contributed by atoms with E-state index < -0.39 is 0 Å². The number of nitrogens with one attached hydrogen (secondary N) is 1. The summed E-state index contributed by atoms with van der Waals surface area (Å²) in [6.07, 6.45) is 0. The van der Waals surface area contributed by atoms with Crippen LogP contribution in [0.5, 0.6) is 0 Å². The normalized spacial score (nSPS) is 20.5. The van der Waals surface area contributed by atoms with Crippen molar-refractivity contribution in [1.29, 1.82) is 0 Å². The van der Waals surface area contributed by atoms with Gasteiger partial charge in [0.15, 0.2) is 0 Å². The monoisotopic (exact) mass is 160 g/mol. The summed E-state index contributed by atoms with van der Waals surface area (Å²) in [7, 11) is 0. The van der Waals surface area contributed by atoms with E-state index in [-0.39, 0.29) is 0 Å². The first-order valence-electron chi connectivity index (χ1n) is 4.66. The van der Waals surface area contributed by atoms with E-state index in [9.17, 15) is 0 Å². The number of rotatable bonds is 4. The van der Waals surface area contributed by atoms with Crippen molar-refractivity contribution in [1.82, 2.24) is 0 Å². The molecule has 0 radical (unpaired) electrons. The Kier molecular flexibility index (Phi) is 4.50. The standard InChI is InChI=1S/C8H18N2O/c1-2-11-8-7-10-5-3-9-4-6-10/h9H,2-8H2,1H3/p+2. The van der Waals surface area contributed by atoms with Crippen molar-refractivity contribution in [3.8, 4) is 0 Å². The molecule has 0 aromatic rings. The van der Waals surface area contributed by atoms with E-state index in [4.69, 9.17) is 4.74 Å². The molecule has 1 aliphatic heterocycles. The second kappa shape index (κ2) is 5.52. The molecule has 3 nitrogen and oxygen atoms in total. The maximum absolute atomic E-state index is 5.31. The van der Waals surface area contributed by atoms with Gasteiger partial charge in [-0.1, -0.05) is 0 Å². The lowest BCUT2D eigenvalue weighted by Gasteiger charge is -2.21. The van der Waals surface area contributed by atoms with Crippen LogP contribution in [0.15, 0.2) is 0 Å². The molecule has 0 spiro atoms. The van der Waals surface area contributed by atoms with Crippen LogP contribution in [0.4, 0.5) is 0 Å². The molecule has 0 bridgehead atoms. The van der Waals surface area contributed by atoms with Gasteiger partial charge in [-0.2, -0.15) is 0 Å². The zero-order chi connectivity index (χ0) is 7.94. The van der Waals surface area contributed by atoms with Crippen molar-refractivity contribution in [3.05, 3.63) is 0 Å². The first kappa shape index (κ1) is 8.97. The lowest BCUT2D eigenvalue weighted by molar-refractivity contribution is -0.947. The highest BCUT2D eigenvalue weighted by Crippen LogP contribution is 1.67. The molecule has 0 aromatic carbocycles. The van der Waals surface area contributed by atoms with Gasteiger partial charge in [0.05, 0.1) is 6.61 Å². The maximum atomic E-state index is 5.31. The Morgan fingerprint density at radius 2 is 2.09 bits per heavy atom. The molecule has 1 fully saturated rings. The highest BCUT2D eigenvalue weighted by molar-refractivity contribution is 4.34. The van der Waals surface area contributed by atoms with E-state index in [1.807, 2.05) is 0 Å². The van der Waals surface area contributed by atoms with Crippen molar-refractivity contribution in [2.24, 2.45) is 0 Å². The fraction of sp³-hybridized carbons (Fsp3) is 1.00. The van der Waals surface area contributed by atoms with Crippen LogP contribution in [0, 0.1) is 0 Å². The van der Waals surface area contributed by atoms with Crippen LogP contribution in [0.3, 0.4) is 0 Å². The topological polar surface area (TPSA) is 30.3 Å². The predicted octanol–water partition coefficient (Wildman–Crippen LogP) is -2.52. The molecule has 0 saturated carbocycles. The van der Waals surface area contributed by atoms with Gasteiger partial charge < -0.3 is 15.0 Å². The van der Waals surface area contributed by atoms with E-state index in [1.54, 1.807) is 4.90 Å². The van der Waals surface area contributed by atoms with Crippen molar-refractivity contribution >= 4 is 0 Å². The summed E-state index contributed by atoms with van der Waals surface area (Å²) in [5.74, 6) is 0. The van der Waals surface area contributed by atoms with Gasteiger partial charge in [0.25, 0.3) is 0 Å². The van der Waals surface area contributed by atoms with E-state index >= 15 is 0 Å². The van der Waals surface area contributed by atoms with Gasteiger partial charge in [-0.05, 0) is 6.92 Å². The van der Waals surface area contributed by atoms with Crippen LogP contribution in [-0.2, 0) is 4.74 Å². The minimum absolute atomic E-state index is 0.861. The van der Waals surface area contributed by atoms with E-state index in [2.05, 4.69) is 12.2 Å². The zero-order valence-electron chi connectivity index (χ0n) is 7.44. The minimum atomic E-state index is 0.861. The highest BCUT2D eigenvalue weighted by atomic mass is 16.5. The lowest BCUT2D eigenvalue weighted by atomic mass is 10.4. The minimum Gasteiger partial charge on any atom is -0.376 e. The van der Waals surface area contributed by atoms with Gasteiger partial charge in [0.2, 0.25) is 0 Å². The lowest BCUT2D eigenvalue weighted by Crippen LogP contribution is -3.20. The molecule has 66 valence electrons. The number of hydrogen-bond acceptors (Lipinski definition) is 1. The first-order chi connectivity index (χ1) is 5.43. The fourth-order valence-corrected chi connectivity index (χ4v) is 1.49. The average Bonchev–Trinajstić information content (AvgIpc) is 2.07. The fourth-order valence-electron chi connectivity index (χ4n) is 1.49. The number of ether oxygens (including phenoxy) is 1. The largest absolute Gasteiger partial charge is 0.376 e. The molecule has 11 heavy (non-hydrogen) atoms. The van der Waals surface area contributed by atoms with E-state index in [0.717, 1.165) is 13.2 Å². The molecule has 1 aliphatic rings. The Hall–Kier alpha value is -0.120. The summed E-state index contributed by atoms with van der Waals surface area (Å²) < 4.78 is 5.31. The van der Waals surface area contributed by atoms with E-state index in [1.165, 1.54) is 32.7 Å². The van der Waals surface area contributed by atoms with Gasteiger partial charge in [-0.25, -0.2) is 0 Å². The summed E-state index contributed by atoms with van der Waals surface area (Å²) in [4.78, 5) is 1.71. The summed E-state index contributed by atoms with van der Waals surface area (Å²) in [6.45, 7) is 10.3. The molecule has 1 heterocycles. The Balaban J connectivity index is 1.96. The van der Waals surface area contributed by atoms with Crippen LogP contribution in [-0.4, -0.2) is 45.9 Å². The molecule has 0 aromatic heterocycles. The Morgan fingerprint density at radius 3 is 2.73 bits per heavy atom. The van der Waals surface area contributed by atoms with Crippen LogP contribution >= 0.6 is 0 Å². The molecule has 1 rings (SSSR count). The summed E-state index contributed by atoms with van der Waals surface area (Å²) in [6, 6.07) is 0. The van der Waals surface area contributed by atoms with Crippen molar-refractivity contribution in [2.75, 3.05) is 45.9 Å². The van der Waals surface area contributed by atoms with Gasteiger partial charge in [0, 0.05) is 6.61 Å². The number of hydrogen-bond donors (Lipinski definition) is 2. The second-order valence-electron chi connectivity index (χ2n) is 3.06. The van der Waals surface area contributed by atoms with Crippen LogP contribution < -0.4 is 10.2 Å². The average molecular weight is 160 g/mol. The highest BCUT2D eigenvalue weighted by Gasteiger charge is 2.13. The maximum Gasteiger partial charge on any atom is 0.127 e. The molecule has 0 aliphatic carbocycles. The molecule has 0 atom stereocenters. The molecular formula is C8H20N2O+2. The number of nitrogens with two attached hydrogens (primary N) is 1. The molecule has 3 N–H and O–H groups in total. The van der Waals surface area contributed by atoms with Crippen LogP contribution in [0.25, 0.3) is 0 Å². The van der Waals surface area contributed by atoms with Gasteiger partial charge in [-0.3, -0.25) is 0 Å².